The molecule has 2 rings (SSSR count). The zero-order valence-corrected chi connectivity index (χ0v) is 8.58. The molecule has 3 nitrogen and oxygen atoms in total. The molecule has 0 aromatic carbocycles. The third kappa shape index (κ3) is 1.78. The molecule has 0 N–H and O–H groups in total. The quantitative estimate of drug-likeness (QED) is 0.718. The summed E-state index contributed by atoms with van der Waals surface area (Å²) in [5.41, 5.74) is 1.81. The number of hydrogen-bond acceptors (Lipinski definition) is 3. The molecule has 66 valence electrons. The Kier molecular flexibility index (Phi) is 2.14. The van der Waals surface area contributed by atoms with Crippen molar-refractivity contribution >= 4 is 15.9 Å². The summed E-state index contributed by atoms with van der Waals surface area (Å²) in [5.74, 6) is 0.748. The summed E-state index contributed by atoms with van der Waals surface area (Å²) < 4.78 is 5.90. The van der Waals surface area contributed by atoms with E-state index in [2.05, 4.69) is 26.1 Å². The third-order valence-corrected chi connectivity index (χ3v) is 2.11. The molecular formula is C9H7BrN2O. The van der Waals surface area contributed by atoms with E-state index in [9.17, 15) is 0 Å². The van der Waals surface area contributed by atoms with Crippen LogP contribution in [0.4, 0.5) is 0 Å². The Morgan fingerprint density at radius 3 is 2.77 bits per heavy atom. The zero-order chi connectivity index (χ0) is 9.26. The predicted molar refractivity (Wildman–Crippen MR) is 52.2 cm³/mol. The summed E-state index contributed by atoms with van der Waals surface area (Å²) in [5, 5.41) is 3.80. The molecule has 0 amide bonds. The Morgan fingerprint density at radius 1 is 1.38 bits per heavy atom. The standard InChI is InChI=1S/C9H7BrN2O/c1-6-4-8(13-12-6)7-2-3-9(10)11-5-7/h2-5H,1H3. The van der Waals surface area contributed by atoms with E-state index >= 15 is 0 Å². The molecule has 0 bridgehead atoms. The second-order valence-electron chi connectivity index (χ2n) is 2.70. The van der Waals surface area contributed by atoms with Gasteiger partial charge in [-0.05, 0) is 35.0 Å². The summed E-state index contributed by atoms with van der Waals surface area (Å²) in [6.07, 6.45) is 1.74. The van der Waals surface area contributed by atoms with E-state index in [-0.39, 0.29) is 0 Å². The summed E-state index contributed by atoms with van der Waals surface area (Å²) in [4.78, 5) is 4.09. The minimum atomic E-state index is 0.748. The molecule has 0 spiro atoms. The number of pyridine rings is 1. The average molecular weight is 239 g/mol. The van der Waals surface area contributed by atoms with Crippen molar-refractivity contribution in [1.82, 2.24) is 10.1 Å². The minimum absolute atomic E-state index is 0.748. The van der Waals surface area contributed by atoms with Gasteiger partial charge < -0.3 is 4.52 Å². The number of hydrogen-bond donors (Lipinski definition) is 0. The monoisotopic (exact) mass is 238 g/mol. The largest absolute Gasteiger partial charge is 0.356 e. The smallest absolute Gasteiger partial charge is 0.168 e. The molecule has 0 saturated heterocycles. The Labute approximate surface area is 83.9 Å². The molecule has 2 aromatic rings. The first-order chi connectivity index (χ1) is 6.25. The van der Waals surface area contributed by atoms with Gasteiger partial charge in [0.25, 0.3) is 0 Å². The van der Waals surface area contributed by atoms with Crippen LogP contribution < -0.4 is 0 Å². The Morgan fingerprint density at radius 2 is 2.23 bits per heavy atom. The second kappa shape index (κ2) is 3.30. The van der Waals surface area contributed by atoms with Crippen molar-refractivity contribution in [3.05, 3.63) is 34.7 Å². The van der Waals surface area contributed by atoms with Gasteiger partial charge in [-0.3, -0.25) is 0 Å². The third-order valence-electron chi connectivity index (χ3n) is 1.64. The number of aromatic nitrogens is 2. The van der Waals surface area contributed by atoms with Crippen LogP contribution in [0.3, 0.4) is 0 Å². The molecule has 0 atom stereocenters. The van der Waals surface area contributed by atoms with Crippen LogP contribution in [0.5, 0.6) is 0 Å². The molecule has 2 heterocycles. The molecule has 0 aliphatic heterocycles. The van der Waals surface area contributed by atoms with Gasteiger partial charge in [-0.15, -0.1) is 0 Å². The van der Waals surface area contributed by atoms with Crippen LogP contribution in [-0.4, -0.2) is 10.1 Å². The van der Waals surface area contributed by atoms with E-state index in [1.54, 1.807) is 6.20 Å². The number of nitrogens with zero attached hydrogens (tertiary/aromatic N) is 2. The van der Waals surface area contributed by atoms with Gasteiger partial charge in [0.15, 0.2) is 5.76 Å². The van der Waals surface area contributed by atoms with Crippen LogP contribution in [0.2, 0.25) is 0 Å². The van der Waals surface area contributed by atoms with Crippen LogP contribution >= 0.6 is 15.9 Å². The van der Waals surface area contributed by atoms with Gasteiger partial charge in [-0.2, -0.15) is 0 Å². The lowest BCUT2D eigenvalue weighted by molar-refractivity contribution is 0.427. The lowest BCUT2D eigenvalue weighted by atomic mass is 10.2. The van der Waals surface area contributed by atoms with Crippen molar-refractivity contribution in [2.45, 2.75) is 6.92 Å². The molecule has 0 fully saturated rings. The summed E-state index contributed by atoms with van der Waals surface area (Å²) in [6, 6.07) is 5.68. The Hall–Kier alpha value is -1.16. The van der Waals surface area contributed by atoms with Crippen LogP contribution in [0, 0.1) is 6.92 Å². The highest BCUT2D eigenvalue weighted by atomic mass is 79.9. The fourth-order valence-corrected chi connectivity index (χ4v) is 1.26. The predicted octanol–water partition coefficient (Wildman–Crippen LogP) is 2.81. The van der Waals surface area contributed by atoms with Crippen LogP contribution in [-0.2, 0) is 0 Å². The van der Waals surface area contributed by atoms with Crippen LogP contribution in [0.25, 0.3) is 11.3 Å². The molecular weight excluding hydrogens is 232 g/mol. The van der Waals surface area contributed by atoms with Gasteiger partial charge in [0.2, 0.25) is 0 Å². The lowest BCUT2D eigenvalue weighted by Crippen LogP contribution is -1.77. The highest BCUT2D eigenvalue weighted by molar-refractivity contribution is 9.10. The Bertz CT molecular complexity index is 408. The summed E-state index contributed by atoms with van der Waals surface area (Å²) >= 11 is 3.27. The van der Waals surface area contributed by atoms with Crippen molar-refractivity contribution in [3.63, 3.8) is 0 Å². The van der Waals surface area contributed by atoms with Crippen molar-refractivity contribution < 1.29 is 4.52 Å². The van der Waals surface area contributed by atoms with Crippen molar-refractivity contribution in [3.8, 4) is 11.3 Å². The maximum atomic E-state index is 5.08. The van der Waals surface area contributed by atoms with E-state index in [0.29, 0.717) is 0 Å². The van der Waals surface area contributed by atoms with Gasteiger partial charge in [0.1, 0.15) is 4.60 Å². The molecule has 0 unspecified atom stereocenters. The Balaban J connectivity index is 2.41. The maximum absolute atomic E-state index is 5.08. The molecule has 0 saturated carbocycles. The zero-order valence-electron chi connectivity index (χ0n) is 6.99. The summed E-state index contributed by atoms with van der Waals surface area (Å²) in [7, 11) is 0. The van der Waals surface area contributed by atoms with Crippen molar-refractivity contribution in [2.24, 2.45) is 0 Å². The molecule has 4 heteroatoms. The highest BCUT2D eigenvalue weighted by Crippen LogP contribution is 2.20. The minimum Gasteiger partial charge on any atom is -0.356 e. The van der Waals surface area contributed by atoms with Gasteiger partial charge in [0, 0.05) is 17.8 Å². The normalized spacial score (nSPS) is 10.3. The first-order valence-corrected chi connectivity index (χ1v) is 4.60. The maximum Gasteiger partial charge on any atom is 0.168 e. The fourth-order valence-electron chi connectivity index (χ4n) is 1.02. The topological polar surface area (TPSA) is 38.9 Å². The van der Waals surface area contributed by atoms with Gasteiger partial charge in [-0.25, -0.2) is 4.98 Å². The van der Waals surface area contributed by atoms with E-state index in [1.165, 1.54) is 0 Å². The SMILES string of the molecule is Cc1cc(-c2ccc(Br)nc2)on1. The van der Waals surface area contributed by atoms with E-state index in [4.69, 9.17) is 4.52 Å². The van der Waals surface area contributed by atoms with Crippen molar-refractivity contribution in [1.29, 1.82) is 0 Å². The second-order valence-corrected chi connectivity index (χ2v) is 3.51. The molecule has 13 heavy (non-hydrogen) atoms. The fraction of sp³-hybridized carbons (Fsp3) is 0.111. The molecule has 0 aliphatic carbocycles. The van der Waals surface area contributed by atoms with Crippen molar-refractivity contribution in [2.75, 3.05) is 0 Å². The van der Waals surface area contributed by atoms with E-state index < -0.39 is 0 Å². The number of rotatable bonds is 1. The number of halogens is 1. The van der Waals surface area contributed by atoms with Gasteiger partial charge in [-0.1, -0.05) is 5.16 Å². The highest BCUT2D eigenvalue weighted by Gasteiger charge is 2.03. The average Bonchev–Trinajstić information content (AvgIpc) is 2.53. The molecule has 2 aromatic heterocycles. The van der Waals surface area contributed by atoms with E-state index in [1.807, 2.05) is 25.1 Å². The van der Waals surface area contributed by atoms with E-state index in [0.717, 1.165) is 21.6 Å². The summed E-state index contributed by atoms with van der Waals surface area (Å²) in [6.45, 7) is 1.89. The first-order valence-electron chi connectivity index (χ1n) is 3.81. The van der Waals surface area contributed by atoms with Crippen LogP contribution in [0.15, 0.2) is 33.5 Å². The van der Waals surface area contributed by atoms with Gasteiger partial charge >= 0.3 is 0 Å². The number of aryl methyl sites for hydroxylation is 1. The lowest BCUT2D eigenvalue weighted by Gasteiger charge is -1.93. The molecule has 0 radical (unpaired) electrons. The van der Waals surface area contributed by atoms with Gasteiger partial charge in [0.05, 0.1) is 5.69 Å². The first kappa shape index (κ1) is 8.44. The van der Waals surface area contributed by atoms with Crippen LogP contribution in [0.1, 0.15) is 5.69 Å². The molecule has 0 aliphatic rings.